The summed E-state index contributed by atoms with van der Waals surface area (Å²) in [6, 6.07) is 7.42. The van der Waals surface area contributed by atoms with Gasteiger partial charge in [-0.3, -0.25) is 0 Å². The molecule has 0 unspecified atom stereocenters. The van der Waals surface area contributed by atoms with Crippen molar-refractivity contribution in [2.75, 3.05) is 13.1 Å². The van der Waals surface area contributed by atoms with E-state index in [0.717, 1.165) is 18.4 Å². The Kier molecular flexibility index (Phi) is 4.11. The molecule has 1 fully saturated rings. The minimum absolute atomic E-state index is 0.288. The number of hydrogen-bond acceptors (Lipinski definition) is 1. The van der Waals surface area contributed by atoms with Crippen molar-refractivity contribution in [2.45, 2.75) is 12.8 Å². The number of carbonyl (C=O) groups is 1. The molecule has 18 heavy (non-hydrogen) atoms. The predicted octanol–water partition coefficient (Wildman–Crippen LogP) is 3.08. The Hall–Kier alpha value is -1.66. The van der Waals surface area contributed by atoms with Crippen LogP contribution in [0.3, 0.4) is 0 Å². The molecule has 1 aromatic carbocycles. The first-order valence-corrected chi connectivity index (χ1v) is 6.28. The van der Waals surface area contributed by atoms with Crippen LogP contribution in [0.2, 0.25) is 5.02 Å². The van der Waals surface area contributed by atoms with Crippen molar-refractivity contribution in [2.24, 2.45) is 5.92 Å². The van der Waals surface area contributed by atoms with Gasteiger partial charge in [-0.15, -0.1) is 0 Å². The first-order valence-electron chi connectivity index (χ1n) is 5.90. The van der Waals surface area contributed by atoms with Gasteiger partial charge in [0.2, 0.25) is 0 Å². The molecule has 0 radical (unpaired) electrons. The first-order chi connectivity index (χ1) is 8.65. The molecule has 1 aliphatic rings. The molecule has 0 aromatic heterocycles. The molecule has 1 N–H and O–H groups in total. The Morgan fingerprint density at radius 1 is 1.28 bits per heavy atom. The summed E-state index contributed by atoms with van der Waals surface area (Å²) < 4.78 is 0. The normalized spacial score (nSPS) is 15.9. The van der Waals surface area contributed by atoms with Gasteiger partial charge in [0.25, 0.3) is 0 Å². The van der Waals surface area contributed by atoms with Crippen LogP contribution >= 0.6 is 11.6 Å². The van der Waals surface area contributed by atoms with E-state index in [1.54, 1.807) is 0 Å². The number of piperidine rings is 1. The van der Waals surface area contributed by atoms with Crippen LogP contribution in [0.15, 0.2) is 24.3 Å². The van der Waals surface area contributed by atoms with Crippen LogP contribution in [-0.2, 0) is 0 Å². The van der Waals surface area contributed by atoms with Crippen LogP contribution in [0, 0.1) is 17.8 Å². The molecule has 0 spiro atoms. The summed E-state index contributed by atoms with van der Waals surface area (Å²) in [6.45, 7) is 1.16. The largest absolute Gasteiger partial charge is 0.465 e. The summed E-state index contributed by atoms with van der Waals surface area (Å²) in [5.74, 6) is 6.60. The fraction of sp³-hybridized carbons (Fsp3) is 0.357. The van der Waals surface area contributed by atoms with Crippen molar-refractivity contribution in [3.8, 4) is 11.8 Å². The minimum atomic E-state index is -0.834. The highest BCUT2D eigenvalue weighted by Gasteiger charge is 2.20. The van der Waals surface area contributed by atoms with Gasteiger partial charge in [0.1, 0.15) is 0 Å². The van der Waals surface area contributed by atoms with E-state index < -0.39 is 6.09 Å². The lowest BCUT2D eigenvalue weighted by molar-refractivity contribution is 0.130. The van der Waals surface area contributed by atoms with E-state index >= 15 is 0 Å². The van der Waals surface area contributed by atoms with Gasteiger partial charge in [-0.25, -0.2) is 4.79 Å². The minimum Gasteiger partial charge on any atom is -0.465 e. The standard InChI is InChI=1S/C14H14ClNO2/c15-13-5-3-11(4-6-13)1-2-12-7-9-16(10-8-12)14(17)18/h3-6,12H,7-10H2,(H,17,18). The van der Waals surface area contributed by atoms with E-state index in [2.05, 4.69) is 11.8 Å². The number of carboxylic acid groups (broad SMARTS) is 1. The molecule has 1 aromatic rings. The zero-order valence-corrected chi connectivity index (χ0v) is 10.7. The Bertz CT molecular complexity index is 479. The highest BCUT2D eigenvalue weighted by Crippen LogP contribution is 2.16. The van der Waals surface area contributed by atoms with Crippen molar-refractivity contribution in [1.29, 1.82) is 0 Å². The molecule has 2 rings (SSSR count). The fourth-order valence-electron chi connectivity index (χ4n) is 1.93. The lowest BCUT2D eigenvalue weighted by atomic mass is 9.97. The summed E-state index contributed by atoms with van der Waals surface area (Å²) in [6.07, 6.45) is 0.791. The quantitative estimate of drug-likeness (QED) is 0.731. The van der Waals surface area contributed by atoms with Crippen molar-refractivity contribution in [3.63, 3.8) is 0 Å². The molecule has 0 saturated carbocycles. The zero-order chi connectivity index (χ0) is 13.0. The van der Waals surface area contributed by atoms with Gasteiger partial charge in [0.15, 0.2) is 0 Å². The number of likely N-dealkylation sites (tertiary alicyclic amines) is 1. The van der Waals surface area contributed by atoms with Crippen LogP contribution < -0.4 is 0 Å². The van der Waals surface area contributed by atoms with Gasteiger partial charge < -0.3 is 10.0 Å². The van der Waals surface area contributed by atoms with Crippen LogP contribution in [0.4, 0.5) is 4.79 Å². The molecule has 0 aliphatic carbocycles. The lowest BCUT2D eigenvalue weighted by Crippen LogP contribution is -2.37. The second kappa shape index (κ2) is 5.79. The molecule has 0 bridgehead atoms. The SMILES string of the molecule is O=C(O)N1CCC(C#Cc2ccc(Cl)cc2)CC1. The van der Waals surface area contributed by atoms with Crippen LogP contribution in [0.25, 0.3) is 0 Å². The number of hydrogen-bond donors (Lipinski definition) is 1. The molecule has 4 heteroatoms. The topological polar surface area (TPSA) is 40.5 Å². The highest BCUT2D eigenvalue weighted by molar-refractivity contribution is 6.30. The van der Waals surface area contributed by atoms with E-state index in [4.69, 9.17) is 16.7 Å². The zero-order valence-electron chi connectivity index (χ0n) is 9.90. The lowest BCUT2D eigenvalue weighted by Gasteiger charge is -2.27. The van der Waals surface area contributed by atoms with E-state index in [1.807, 2.05) is 24.3 Å². The number of nitrogens with zero attached hydrogens (tertiary/aromatic N) is 1. The molecule has 94 valence electrons. The van der Waals surface area contributed by atoms with Gasteiger partial charge in [-0.1, -0.05) is 23.4 Å². The third-order valence-corrected chi connectivity index (χ3v) is 3.28. The number of amides is 1. The smallest absolute Gasteiger partial charge is 0.407 e. The molecule has 1 aliphatic heterocycles. The molecule has 0 atom stereocenters. The van der Waals surface area contributed by atoms with Crippen molar-refractivity contribution in [1.82, 2.24) is 4.90 Å². The third-order valence-electron chi connectivity index (χ3n) is 3.03. The fourth-order valence-corrected chi connectivity index (χ4v) is 2.06. The van der Waals surface area contributed by atoms with Crippen molar-refractivity contribution in [3.05, 3.63) is 34.9 Å². The molecule has 3 nitrogen and oxygen atoms in total. The molecular weight excluding hydrogens is 250 g/mol. The summed E-state index contributed by atoms with van der Waals surface area (Å²) in [5, 5.41) is 9.54. The van der Waals surface area contributed by atoms with E-state index in [-0.39, 0.29) is 5.92 Å². The van der Waals surface area contributed by atoms with Crippen LogP contribution in [-0.4, -0.2) is 29.2 Å². The van der Waals surface area contributed by atoms with Gasteiger partial charge in [-0.2, -0.15) is 0 Å². The van der Waals surface area contributed by atoms with Crippen LogP contribution in [0.1, 0.15) is 18.4 Å². The summed E-state index contributed by atoms with van der Waals surface area (Å²) in [5.41, 5.74) is 0.945. The maximum atomic E-state index is 10.7. The number of rotatable bonds is 0. The Morgan fingerprint density at radius 2 is 1.89 bits per heavy atom. The van der Waals surface area contributed by atoms with Gasteiger partial charge in [-0.05, 0) is 37.1 Å². The Balaban J connectivity index is 1.92. The van der Waals surface area contributed by atoms with E-state index in [1.165, 1.54) is 4.90 Å². The summed E-state index contributed by atoms with van der Waals surface area (Å²) in [7, 11) is 0. The van der Waals surface area contributed by atoms with E-state index in [0.29, 0.717) is 18.1 Å². The second-order valence-electron chi connectivity index (χ2n) is 4.32. The molecule has 1 saturated heterocycles. The Morgan fingerprint density at radius 3 is 2.44 bits per heavy atom. The summed E-state index contributed by atoms with van der Waals surface area (Å²) >= 11 is 5.80. The molecular formula is C14H14ClNO2. The average Bonchev–Trinajstić information content (AvgIpc) is 2.38. The van der Waals surface area contributed by atoms with Gasteiger partial charge >= 0.3 is 6.09 Å². The van der Waals surface area contributed by atoms with Gasteiger partial charge in [0, 0.05) is 29.6 Å². The number of halogens is 1. The second-order valence-corrected chi connectivity index (χ2v) is 4.76. The maximum Gasteiger partial charge on any atom is 0.407 e. The van der Waals surface area contributed by atoms with Crippen molar-refractivity contribution < 1.29 is 9.90 Å². The van der Waals surface area contributed by atoms with Crippen LogP contribution in [0.5, 0.6) is 0 Å². The third kappa shape index (κ3) is 3.41. The van der Waals surface area contributed by atoms with Crippen molar-refractivity contribution >= 4 is 17.7 Å². The highest BCUT2D eigenvalue weighted by atomic mass is 35.5. The maximum absolute atomic E-state index is 10.7. The monoisotopic (exact) mass is 263 g/mol. The van der Waals surface area contributed by atoms with Gasteiger partial charge in [0.05, 0.1) is 0 Å². The average molecular weight is 264 g/mol. The molecule has 1 amide bonds. The summed E-state index contributed by atoms with van der Waals surface area (Å²) in [4.78, 5) is 12.2. The Labute approximate surface area is 111 Å². The predicted molar refractivity (Wildman–Crippen MR) is 70.7 cm³/mol. The number of benzene rings is 1. The van der Waals surface area contributed by atoms with E-state index in [9.17, 15) is 4.79 Å². The molecule has 1 heterocycles. The first kappa shape index (κ1) is 12.8.